The van der Waals surface area contributed by atoms with Crippen LogP contribution in [0.1, 0.15) is 20.7 Å². The molecule has 17 heavy (non-hydrogen) atoms. The molecule has 0 atom stereocenters. The van der Waals surface area contributed by atoms with E-state index in [0.717, 1.165) is 19.2 Å². The van der Waals surface area contributed by atoms with Crippen molar-refractivity contribution in [2.75, 3.05) is 31.1 Å². The molecule has 5 heteroatoms. The number of rotatable bonds is 3. The lowest BCUT2D eigenvalue weighted by atomic mass is 10.1. The van der Waals surface area contributed by atoms with Crippen LogP contribution in [-0.4, -0.2) is 38.8 Å². The molecule has 1 N–H and O–H groups in total. The van der Waals surface area contributed by atoms with Crippen LogP contribution in [0, 0.1) is 5.82 Å². The molecule has 1 aliphatic rings. The summed E-state index contributed by atoms with van der Waals surface area (Å²) in [5.41, 5.74) is 0.713. The van der Waals surface area contributed by atoms with Gasteiger partial charge >= 0.3 is 0 Å². The zero-order chi connectivity index (χ0) is 12.3. The Kier molecular flexibility index (Phi) is 3.49. The Hall–Kier alpha value is -1.75. The van der Waals surface area contributed by atoms with Gasteiger partial charge in [-0.05, 0) is 12.1 Å². The van der Waals surface area contributed by atoms with E-state index in [1.165, 1.54) is 6.07 Å². The van der Waals surface area contributed by atoms with Gasteiger partial charge < -0.3 is 10.2 Å². The Balaban J connectivity index is 2.39. The molecule has 0 amide bonds. The van der Waals surface area contributed by atoms with Gasteiger partial charge in [0.1, 0.15) is 5.82 Å². The van der Waals surface area contributed by atoms with Gasteiger partial charge in [0.05, 0.1) is 5.69 Å². The first-order chi connectivity index (χ1) is 8.26. The molecule has 0 spiro atoms. The third-order valence-electron chi connectivity index (χ3n) is 2.86. The molecule has 1 aromatic carbocycles. The van der Waals surface area contributed by atoms with E-state index in [4.69, 9.17) is 0 Å². The predicted octanol–water partition coefficient (Wildman–Crippen LogP) is 0.860. The lowest BCUT2D eigenvalue weighted by Crippen LogP contribution is -2.44. The molecule has 0 aromatic heterocycles. The normalized spacial score (nSPS) is 15.7. The molecule has 90 valence electrons. The van der Waals surface area contributed by atoms with Crippen molar-refractivity contribution >= 4 is 18.3 Å². The Morgan fingerprint density at radius 3 is 2.29 bits per heavy atom. The van der Waals surface area contributed by atoms with E-state index in [1.807, 2.05) is 4.90 Å². The fraction of sp³-hybridized carbons (Fsp3) is 0.333. The first-order valence-electron chi connectivity index (χ1n) is 5.46. The molecule has 2 rings (SSSR count). The van der Waals surface area contributed by atoms with Gasteiger partial charge in [-0.1, -0.05) is 0 Å². The fourth-order valence-electron chi connectivity index (χ4n) is 1.95. The minimum absolute atomic E-state index is 0.0939. The molecular weight excluding hydrogens is 223 g/mol. The van der Waals surface area contributed by atoms with Crippen LogP contribution < -0.4 is 10.2 Å². The van der Waals surface area contributed by atoms with E-state index >= 15 is 0 Å². The molecule has 1 aliphatic heterocycles. The number of hydrogen-bond acceptors (Lipinski definition) is 4. The van der Waals surface area contributed by atoms with Crippen LogP contribution in [0.2, 0.25) is 0 Å². The summed E-state index contributed by atoms with van der Waals surface area (Å²) in [6, 6.07) is 2.56. The molecule has 0 unspecified atom stereocenters. The van der Waals surface area contributed by atoms with E-state index in [9.17, 15) is 14.0 Å². The van der Waals surface area contributed by atoms with Crippen molar-refractivity contribution in [2.24, 2.45) is 0 Å². The van der Waals surface area contributed by atoms with Crippen LogP contribution in [-0.2, 0) is 0 Å². The fourth-order valence-corrected chi connectivity index (χ4v) is 1.95. The number of nitrogens with one attached hydrogen (secondary N) is 1. The van der Waals surface area contributed by atoms with Gasteiger partial charge in [0.15, 0.2) is 12.6 Å². The van der Waals surface area contributed by atoms with Crippen LogP contribution in [0.5, 0.6) is 0 Å². The molecule has 1 fully saturated rings. The lowest BCUT2D eigenvalue weighted by Gasteiger charge is -2.30. The number of anilines is 1. The van der Waals surface area contributed by atoms with E-state index < -0.39 is 5.82 Å². The highest BCUT2D eigenvalue weighted by molar-refractivity contribution is 5.91. The zero-order valence-electron chi connectivity index (χ0n) is 9.28. The molecule has 0 aliphatic carbocycles. The molecule has 0 bridgehead atoms. The van der Waals surface area contributed by atoms with Gasteiger partial charge in [-0.15, -0.1) is 0 Å². The van der Waals surface area contributed by atoms with Crippen LogP contribution in [0.4, 0.5) is 10.1 Å². The summed E-state index contributed by atoms with van der Waals surface area (Å²) in [4.78, 5) is 23.4. The summed E-state index contributed by atoms with van der Waals surface area (Å²) in [6.07, 6.45) is 1.07. The van der Waals surface area contributed by atoms with Crippen molar-refractivity contribution < 1.29 is 14.0 Å². The Bertz CT molecular complexity index is 442. The smallest absolute Gasteiger partial charge is 0.150 e. The maximum atomic E-state index is 13.8. The second-order valence-corrected chi connectivity index (χ2v) is 3.91. The monoisotopic (exact) mass is 236 g/mol. The number of aldehydes is 2. The number of piperazine rings is 1. The van der Waals surface area contributed by atoms with Crippen LogP contribution in [0.15, 0.2) is 12.1 Å². The van der Waals surface area contributed by atoms with Gasteiger partial charge in [-0.25, -0.2) is 4.39 Å². The van der Waals surface area contributed by atoms with E-state index in [-0.39, 0.29) is 11.1 Å². The zero-order valence-corrected chi connectivity index (χ0v) is 9.28. The predicted molar refractivity (Wildman–Crippen MR) is 62.3 cm³/mol. The van der Waals surface area contributed by atoms with Crippen LogP contribution in [0.3, 0.4) is 0 Å². The first-order valence-corrected chi connectivity index (χ1v) is 5.46. The van der Waals surface area contributed by atoms with E-state index in [1.54, 1.807) is 0 Å². The van der Waals surface area contributed by atoms with Gasteiger partial charge in [0, 0.05) is 37.3 Å². The number of carbonyl (C=O) groups excluding carboxylic acids is 2. The molecule has 1 saturated heterocycles. The van der Waals surface area contributed by atoms with Gasteiger partial charge in [-0.2, -0.15) is 0 Å². The highest BCUT2D eigenvalue weighted by Gasteiger charge is 2.16. The largest absolute Gasteiger partial charge is 0.367 e. The van der Waals surface area contributed by atoms with Crippen molar-refractivity contribution in [2.45, 2.75) is 0 Å². The van der Waals surface area contributed by atoms with Crippen molar-refractivity contribution in [3.05, 3.63) is 29.1 Å². The molecule has 0 saturated carbocycles. The van der Waals surface area contributed by atoms with Crippen LogP contribution in [0.25, 0.3) is 0 Å². The van der Waals surface area contributed by atoms with E-state index in [2.05, 4.69) is 5.32 Å². The van der Waals surface area contributed by atoms with Crippen molar-refractivity contribution in [3.8, 4) is 0 Å². The third kappa shape index (κ3) is 2.34. The number of benzene rings is 1. The minimum Gasteiger partial charge on any atom is -0.367 e. The molecule has 1 aromatic rings. The Morgan fingerprint density at radius 1 is 1.12 bits per heavy atom. The van der Waals surface area contributed by atoms with Crippen molar-refractivity contribution in [1.29, 1.82) is 0 Å². The number of hydrogen-bond donors (Lipinski definition) is 1. The third-order valence-corrected chi connectivity index (χ3v) is 2.86. The maximum absolute atomic E-state index is 13.8. The molecular formula is C12H13FN2O2. The summed E-state index contributed by atoms with van der Waals surface area (Å²) in [7, 11) is 0. The van der Waals surface area contributed by atoms with Crippen molar-refractivity contribution in [3.63, 3.8) is 0 Å². The van der Waals surface area contributed by atoms with Gasteiger partial charge in [0.2, 0.25) is 0 Å². The lowest BCUT2D eigenvalue weighted by molar-refractivity contribution is 0.109. The Morgan fingerprint density at radius 2 is 1.71 bits per heavy atom. The van der Waals surface area contributed by atoms with Crippen LogP contribution >= 0.6 is 0 Å². The topological polar surface area (TPSA) is 49.4 Å². The number of halogens is 1. The average Bonchev–Trinajstić information content (AvgIpc) is 2.39. The standard InChI is InChI=1S/C12H13FN2O2/c13-11-5-9(7-16)10(8-17)6-12(11)15-3-1-14-2-4-15/h5-8,14H,1-4H2. The first kappa shape index (κ1) is 11.7. The SMILES string of the molecule is O=Cc1cc(F)c(N2CCNCC2)cc1C=O. The van der Waals surface area contributed by atoms with Gasteiger partial charge in [0.25, 0.3) is 0 Å². The average molecular weight is 236 g/mol. The quantitative estimate of drug-likeness (QED) is 0.791. The highest BCUT2D eigenvalue weighted by Crippen LogP contribution is 2.23. The summed E-state index contributed by atoms with van der Waals surface area (Å²) in [6.45, 7) is 2.95. The summed E-state index contributed by atoms with van der Waals surface area (Å²) < 4.78 is 13.8. The van der Waals surface area contributed by atoms with Gasteiger partial charge in [-0.3, -0.25) is 9.59 Å². The minimum atomic E-state index is -0.459. The summed E-state index contributed by atoms with van der Waals surface area (Å²) in [5, 5.41) is 3.17. The second kappa shape index (κ2) is 5.05. The molecule has 1 heterocycles. The molecule has 0 radical (unpaired) electrons. The summed E-state index contributed by atoms with van der Waals surface area (Å²) >= 11 is 0. The second-order valence-electron chi connectivity index (χ2n) is 3.91. The number of carbonyl (C=O) groups is 2. The van der Waals surface area contributed by atoms with E-state index in [0.29, 0.717) is 31.3 Å². The maximum Gasteiger partial charge on any atom is 0.150 e. The van der Waals surface area contributed by atoms with Crippen molar-refractivity contribution in [1.82, 2.24) is 5.32 Å². The summed E-state index contributed by atoms with van der Waals surface area (Å²) in [5.74, 6) is -0.459. The Labute approximate surface area is 98.4 Å². The molecule has 4 nitrogen and oxygen atoms in total. The highest BCUT2D eigenvalue weighted by atomic mass is 19.1. The number of nitrogens with zero attached hydrogens (tertiary/aromatic N) is 1.